The van der Waals surface area contributed by atoms with E-state index in [0.717, 1.165) is 0 Å². The van der Waals surface area contributed by atoms with Crippen molar-refractivity contribution in [3.8, 4) is 0 Å². The average molecular weight is 269 g/mol. The summed E-state index contributed by atoms with van der Waals surface area (Å²) < 4.78 is 0. The predicted molar refractivity (Wildman–Crippen MR) is 79.2 cm³/mol. The first-order chi connectivity index (χ1) is 9.55. The van der Waals surface area contributed by atoms with Crippen LogP contribution in [0, 0.1) is 0 Å². The molecule has 0 aliphatic heterocycles. The molecule has 2 aromatic rings. The third-order valence-corrected chi connectivity index (χ3v) is 3.13. The van der Waals surface area contributed by atoms with E-state index in [9.17, 15) is 9.90 Å². The van der Waals surface area contributed by atoms with Crippen molar-refractivity contribution in [1.29, 1.82) is 0 Å². The molecule has 0 bridgehead atoms. The van der Waals surface area contributed by atoms with Crippen LogP contribution in [0.1, 0.15) is 25.0 Å². The van der Waals surface area contributed by atoms with Gasteiger partial charge >= 0.3 is 0 Å². The van der Waals surface area contributed by atoms with Gasteiger partial charge in [-0.2, -0.15) is 0 Å². The Kier molecular flexibility index (Phi) is 4.20. The number of hydrogen-bond donors (Lipinski definition) is 2. The minimum absolute atomic E-state index is 0.0403. The number of rotatable bonds is 4. The zero-order chi connectivity index (χ0) is 14.6. The monoisotopic (exact) mass is 269 g/mol. The molecule has 2 aromatic carbocycles. The molecule has 3 heteroatoms. The Bertz CT molecular complexity index is 525. The van der Waals surface area contributed by atoms with E-state index < -0.39 is 11.5 Å². The largest absolute Gasteiger partial charge is 0.372 e. The number of amides is 1. The Morgan fingerprint density at radius 3 is 1.70 bits per heavy atom. The molecule has 0 aromatic heterocycles. The summed E-state index contributed by atoms with van der Waals surface area (Å²) in [6.07, 6.45) is 0. The topological polar surface area (TPSA) is 49.3 Å². The van der Waals surface area contributed by atoms with Crippen molar-refractivity contribution < 1.29 is 9.90 Å². The van der Waals surface area contributed by atoms with Gasteiger partial charge in [-0.1, -0.05) is 60.7 Å². The van der Waals surface area contributed by atoms with Crippen molar-refractivity contribution >= 4 is 5.91 Å². The van der Waals surface area contributed by atoms with Crippen molar-refractivity contribution in [2.75, 3.05) is 0 Å². The van der Waals surface area contributed by atoms with Crippen LogP contribution in [0.25, 0.3) is 0 Å². The molecule has 0 atom stereocenters. The molecule has 0 aliphatic carbocycles. The van der Waals surface area contributed by atoms with Crippen LogP contribution in [-0.2, 0) is 10.4 Å². The molecule has 20 heavy (non-hydrogen) atoms. The summed E-state index contributed by atoms with van der Waals surface area (Å²) >= 11 is 0. The maximum atomic E-state index is 12.5. The first kappa shape index (κ1) is 14.3. The smallest absolute Gasteiger partial charge is 0.261 e. The highest BCUT2D eigenvalue weighted by molar-refractivity contribution is 5.90. The van der Waals surface area contributed by atoms with Crippen LogP contribution in [0.5, 0.6) is 0 Å². The van der Waals surface area contributed by atoms with Crippen LogP contribution < -0.4 is 5.32 Å². The Labute approximate surface area is 119 Å². The van der Waals surface area contributed by atoms with E-state index in [2.05, 4.69) is 5.32 Å². The van der Waals surface area contributed by atoms with E-state index in [-0.39, 0.29) is 6.04 Å². The zero-order valence-corrected chi connectivity index (χ0v) is 11.7. The van der Waals surface area contributed by atoms with Crippen LogP contribution in [0.2, 0.25) is 0 Å². The summed E-state index contributed by atoms with van der Waals surface area (Å²) in [6.45, 7) is 3.74. The molecule has 1 amide bonds. The van der Waals surface area contributed by atoms with Crippen molar-refractivity contribution in [3.63, 3.8) is 0 Å². The summed E-state index contributed by atoms with van der Waals surface area (Å²) in [5.41, 5.74) is -0.555. The standard InChI is InChI=1S/C17H19NO2/c1-13(2)18-16(19)17(20,14-9-5-3-6-10-14)15-11-7-4-8-12-15/h3-13,20H,1-2H3,(H,18,19). The molecule has 104 valence electrons. The Hall–Kier alpha value is -2.13. The molecule has 0 saturated carbocycles. The van der Waals surface area contributed by atoms with E-state index >= 15 is 0 Å². The molecular weight excluding hydrogens is 250 g/mol. The van der Waals surface area contributed by atoms with Crippen molar-refractivity contribution in [3.05, 3.63) is 71.8 Å². The highest BCUT2D eigenvalue weighted by Gasteiger charge is 2.39. The fourth-order valence-electron chi connectivity index (χ4n) is 2.15. The maximum Gasteiger partial charge on any atom is 0.261 e. The van der Waals surface area contributed by atoms with Crippen LogP contribution in [0.4, 0.5) is 0 Å². The second kappa shape index (κ2) is 5.88. The minimum Gasteiger partial charge on any atom is -0.372 e. The predicted octanol–water partition coefficient (Wildman–Crippen LogP) is 2.45. The molecule has 0 fully saturated rings. The number of aliphatic hydroxyl groups is 1. The lowest BCUT2D eigenvalue weighted by atomic mass is 9.85. The molecule has 0 unspecified atom stereocenters. The molecule has 0 saturated heterocycles. The summed E-state index contributed by atoms with van der Waals surface area (Å²) in [6, 6.07) is 17.9. The van der Waals surface area contributed by atoms with Crippen LogP contribution in [-0.4, -0.2) is 17.1 Å². The number of nitrogens with one attached hydrogen (secondary N) is 1. The Morgan fingerprint density at radius 1 is 0.950 bits per heavy atom. The van der Waals surface area contributed by atoms with E-state index in [0.29, 0.717) is 11.1 Å². The number of carbonyl (C=O) groups excluding carboxylic acids is 1. The van der Waals surface area contributed by atoms with Crippen molar-refractivity contribution in [2.24, 2.45) is 0 Å². The molecule has 2 rings (SSSR count). The van der Waals surface area contributed by atoms with E-state index in [1.807, 2.05) is 50.2 Å². The van der Waals surface area contributed by atoms with Gasteiger partial charge in [0.2, 0.25) is 0 Å². The van der Waals surface area contributed by atoms with Gasteiger partial charge < -0.3 is 10.4 Å². The van der Waals surface area contributed by atoms with Gasteiger partial charge in [-0.15, -0.1) is 0 Å². The van der Waals surface area contributed by atoms with Crippen LogP contribution in [0.15, 0.2) is 60.7 Å². The SMILES string of the molecule is CC(C)NC(=O)C(O)(c1ccccc1)c1ccccc1. The van der Waals surface area contributed by atoms with Gasteiger partial charge in [0.25, 0.3) is 5.91 Å². The summed E-state index contributed by atoms with van der Waals surface area (Å²) in [5.74, 6) is -0.412. The van der Waals surface area contributed by atoms with Gasteiger partial charge in [0, 0.05) is 6.04 Å². The van der Waals surface area contributed by atoms with Gasteiger partial charge in [-0.25, -0.2) is 0 Å². The van der Waals surface area contributed by atoms with Gasteiger partial charge in [0.1, 0.15) is 0 Å². The summed E-state index contributed by atoms with van der Waals surface area (Å²) in [4.78, 5) is 12.5. The molecule has 0 heterocycles. The number of benzene rings is 2. The minimum atomic E-state index is -1.67. The van der Waals surface area contributed by atoms with Crippen LogP contribution in [0.3, 0.4) is 0 Å². The van der Waals surface area contributed by atoms with E-state index in [4.69, 9.17) is 0 Å². The molecule has 3 nitrogen and oxygen atoms in total. The molecule has 0 spiro atoms. The lowest BCUT2D eigenvalue weighted by molar-refractivity contribution is -0.137. The Balaban J connectivity index is 2.52. The highest BCUT2D eigenvalue weighted by atomic mass is 16.3. The fourth-order valence-corrected chi connectivity index (χ4v) is 2.15. The first-order valence-electron chi connectivity index (χ1n) is 6.69. The first-order valence-corrected chi connectivity index (χ1v) is 6.69. The molecular formula is C17H19NO2. The quantitative estimate of drug-likeness (QED) is 0.895. The highest BCUT2D eigenvalue weighted by Crippen LogP contribution is 2.29. The molecule has 0 aliphatic rings. The van der Waals surface area contributed by atoms with E-state index in [1.54, 1.807) is 24.3 Å². The normalized spacial score (nSPS) is 11.4. The lowest BCUT2D eigenvalue weighted by Gasteiger charge is -2.29. The Morgan fingerprint density at radius 2 is 1.35 bits per heavy atom. The fraction of sp³-hybridized carbons (Fsp3) is 0.235. The third-order valence-electron chi connectivity index (χ3n) is 3.13. The lowest BCUT2D eigenvalue weighted by Crippen LogP contribution is -2.47. The third kappa shape index (κ3) is 2.73. The van der Waals surface area contributed by atoms with Gasteiger partial charge in [0.15, 0.2) is 5.60 Å². The summed E-state index contributed by atoms with van der Waals surface area (Å²) in [5, 5.41) is 13.9. The zero-order valence-electron chi connectivity index (χ0n) is 11.7. The average Bonchev–Trinajstić information content (AvgIpc) is 2.47. The maximum absolute atomic E-state index is 12.5. The second-order valence-electron chi connectivity index (χ2n) is 5.07. The number of carbonyl (C=O) groups is 1. The molecule has 2 N–H and O–H groups in total. The van der Waals surface area contributed by atoms with Crippen molar-refractivity contribution in [2.45, 2.75) is 25.5 Å². The second-order valence-corrected chi connectivity index (χ2v) is 5.07. The summed E-state index contributed by atoms with van der Waals surface area (Å²) in [7, 11) is 0. The van der Waals surface area contributed by atoms with Crippen molar-refractivity contribution in [1.82, 2.24) is 5.32 Å². The van der Waals surface area contributed by atoms with Gasteiger partial charge in [-0.3, -0.25) is 4.79 Å². The van der Waals surface area contributed by atoms with Gasteiger partial charge in [0.05, 0.1) is 0 Å². The molecule has 0 radical (unpaired) electrons. The van der Waals surface area contributed by atoms with Crippen LogP contribution >= 0.6 is 0 Å². The van der Waals surface area contributed by atoms with Gasteiger partial charge in [-0.05, 0) is 25.0 Å². The van der Waals surface area contributed by atoms with E-state index in [1.165, 1.54) is 0 Å². The number of hydrogen-bond acceptors (Lipinski definition) is 2.